The topological polar surface area (TPSA) is 38.8 Å². The molecular formula is C18H19NO3. The van der Waals surface area contributed by atoms with Crippen LogP contribution in [-0.2, 0) is 0 Å². The predicted octanol–water partition coefficient (Wildman–Crippen LogP) is 3.51. The van der Waals surface area contributed by atoms with Crippen molar-refractivity contribution in [2.75, 3.05) is 18.1 Å². The van der Waals surface area contributed by atoms with Crippen molar-refractivity contribution in [3.8, 4) is 11.5 Å². The van der Waals surface area contributed by atoms with E-state index in [0.717, 1.165) is 17.2 Å². The van der Waals surface area contributed by atoms with Gasteiger partial charge in [-0.25, -0.2) is 0 Å². The predicted molar refractivity (Wildman–Crippen MR) is 85.8 cm³/mol. The van der Waals surface area contributed by atoms with E-state index in [9.17, 15) is 4.79 Å². The number of hydrogen-bond donors (Lipinski definition) is 0. The van der Waals surface area contributed by atoms with E-state index in [1.807, 2.05) is 50.2 Å². The summed E-state index contributed by atoms with van der Waals surface area (Å²) in [5, 5.41) is 0. The van der Waals surface area contributed by atoms with Gasteiger partial charge >= 0.3 is 0 Å². The lowest BCUT2D eigenvalue weighted by molar-refractivity contribution is 0.0961. The van der Waals surface area contributed by atoms with Gasteiger partial charge in [-0.2, -0.15) is 0 Å². The van der Waals surface area contributed by atoms with Gasteiger partial charge in [-0.15, -0.1) is 0 Å². The van der Waals surface area contributed by atoms with Gasteiger partial charge in [0.25, 0.3) is 5.91 Å². The van der Waals surface area contributed by atoms with Crippen molar-refractivity contribution in [2.24, 2.45) is 0 Å². The van der Waals surface area contributed by atoms with Crippen molar-refractivity contribution in [2.45, 2.75) is 20.0 Å². The fourth-order valence-corrected chi connectivity index (χ4v) is 2.60. The lowest BCUT2D eigenvalue weighted by atomic mass is 10.1. The first-order valence-electron chi connectivity index (χ1n) is 7.49. The largest absolute Gasteiger partial charge is 0.494 e. The lowest BCUT2D eigenvalue weighted by Gasteiger charge is -2.33. The molecule has 0 aromatic heterocycles. The molecule has 22 heavy (non-hydrogen) atoms. The smallest absolute Gasteiger partial charge is 0.258 e. The van der Waals surface area contributed by atoms with E-state index in [1.54, 1.807) is 17.0 Å². The van der Waals surface area contributed by atoms with Gasteiger partial charge < -0.3 is 14.4 Å². The van der Waals surface area contributed by atoms with Crippen LogP contribution in [-0.4, -0.2) is 25.2 Å². The second-order valence-electron chi connectivity index (χ2n) is 5.27. The minimum absolute atomic E-state index is 0.0225. The molecule has 0 radical (unpaired) electrons. The molecule has 0 saturated carbocycles. The summed E-state index contributed by atoms with van der Waals surface area (Å²) in [7, 11) is 0. The van der Waals surface area contributed by atoms with Crippen molar-refractivity contribution < 1.29 is 14.3 Å². The van der Waals surface area contributed by atoms with Gasteiger partial charge in [0.05, 0.1) is 18.8 Å². The maximum absolute atomic E-state index is 12.8. The van der Waals surface area contributed by atoms with Crippen LogP contribution in [0.25, 0.3) is 0 Å². The van der Waals surface area contributed by atoms with Gasteiger partial charge in [-0.3, -0.25) is 4.79 Å². The summed E-state index contributed by atoms with van der Waals surface area (Å²) in [6.07, 6.45) is -0.0263. The van der Waals surface area contributed by atoms with Gasteiger partial charge in [0.2, 0.25) is 0 Å². The Morgan fingerprint density at radius 1 is 1.23 bits per heavy atom. The molecule has 1 atom stereocenters. The number of carbonyl (C=O) groups is 1. The number of nitrogens with zero attached hydrogens (tertiary/aromatic N) is 1. The van der Waals surface area contributed by atoms with Crippen LogP contribution in [0.3, 0.4) is 0 Å². The molecule has 0 N–H and O–H groups in total. The molecule has 0 saturated heterocycles. The maximum atomic E-state index is 12.8. The van der Waals surface area contributed by atoms with E-state index in [4.69, 9.17) is 9.47 Å². The van der Waals surface area contributed by atoms with Crippen molar-refractivity contribution in [3.63, 3.8) is 0 Å². The number of carbonyl (C=O) groups excluding carboxylic acids is 1. The monoisotopic (exact) mass is 297 g/mol. The van der Waals surface area contributed by atoms with Gasteiger partial charge in [-0.1, -0.05) is 12.1 Å². The molecule has 114 valence electrons. The zero-order valence-corrected chi connectivity index (χ0v) is 12.8. The second kappa shape index (κ2) is 6.10. The third-order valence-electron chi connectivity index (χ3n) is 3.58. The molecule has 4 nitrogen and oxygen atoms in total. The molecule has 0 unspecified atom stereocenters. The first kappa shape index (κ1) is 14.4. The molecule has 0 spiro atoms. The SMILES string of the molecule is CCOc1ccc(C(=O)N2C[C@H](C)Oc3ccccc32)cc1. The van der Waals surface area contributed by atoms with Crippen LogP contribution in [0.4, 0.5) is 5.69 Å². The van der Waals surface area contributed by atoms with Gasteiger partial charge in [0.1, 0.15) is 17.6 Å². The Labute approximate surface area is 130 Å². The third kappa shape index (κ3) is 2.77. The summed E-state index contributed by atoms with van der Waals surface area (Å²) in [5.41, 5.74) is 1.46. The van der Waals surface area contributed by atoms with Crippen LogP contribution < -0.4 is 14.4 Å². The van der Waals surface area contributed by atoms with E-state index in [1.165, 1.54) is 0 Å². The number of anilines is 1. The number of amides is 1. The van der Waals surface area contributed by atoms with Crippen LogP contribution >= 0.6 is 0 Å². The van der Waals surface area contributed by atoms with E-state index >= 15 is 0 Å². The molecule has 1 aliphatic heterocycles. The van der Waals surface area contributed by atoms with E-state index in [0.29, 0.717) is 18.7 Å². The first-order chi connectivity index (χ1) is 10.7. The average Bonchev–Trinajstić information content (AvgIpc) is 2.54. The van der Waals surface area contributed by atoms with Crippen LogP contribution in [0.1, 0.15) is 24.2 Å². The Morgan fingerprint density at radius 2 is 1.95 bits per heavy atom. The summed E-state index contributed by atoms with van der Waals surface area (Å²) in [4.78, 5) is 14.6. The van der Waals surface area contributed by atoms with Gasteiger partial charge in [-0.05, 0) is 50.2 Å². The molecule has 2 aromatic rings. The molecule has 4 heteroatoms. The van der Waals surface area contributed by atoms with Crippen molar-refractivity contribution in [3.05, 3.63) is 54.1 Å². The summed E-state index contributed by atoms with van der Waals surface area (Å²) in [6.45, 7) is 5.06. The Hall–Kier alpha value is -2.49. The van der Waals surface area contributed by atoms with Crippen molar-refractivity contribution in [1.82, 2.24) is 0 Å². The Kier molecular flexibility index (Phi) is 4.00. The highest BCUT2D eigenvalue weighted by atomic mass is 16.5. The Bertz CT molecular complexity index is 666. The number of para-hydroxylation sites is 2. The third-order valence-corrected chi connectivity index (χ3v) is 3.58. The normalized spacial score (nSPS) is 16.6. The lowest BCUT2D eigenvalue weighted by Crippen LogP contribution is -2.42. The number of ether oxygens (including phenoxy) is 2. The van der Waals surface area contributed by atoms with Crippen molar-refractivity contribution >= 4 is 11.6 Å². The molecule has 0 bridgehead atoms. The van der Waals surface area contributed by atoms with E-state index in [2.05, 4.69) is 0 Å². The van der Waals surface area contributed by atoms with Gasteiger partial charge in [0, 0.05) is 5.56 Å². The molecule has 3 rings (SSSR count). The van der Waals surface area contributed by atoms with E-state index in [-0.39, 0.29) is 12.0 Å². The number of hydrogen-bond acceptors (Lipinski definition) is 3. The molecule has 1 heterocycles. The van der Waals surface area contributed by atoms with Crippen LogP contribution in [0.2, 0.25) is 0 Å². The minimum atomic E-state index is -0.0263. The zero-order chi connectivity index (χ0) is 15.5. The molecule has 2 aromatic carbocycles. The van der Waals surface area contributed by atoms with E-state index < -0.39 is 0 Å². The summed E-state index contributed by atoms with van der Waals surface area (Å²) in [5.74, 6) is 1.50. The minimum Gasteiger partial charge on any atom is -0.494 e. The Balaban J connectivity index is 1.88. The Morgan fingerprint density at radius 3 is 2.68 bits per heavy atom. The number of benzene rings is 2. The second-order valence-corrected chi connectivity index (χ2v) is 5.27. The maximum Gasteiger partial charge on any atom is 0.258 e. The van der Waals surface area contributed by atoms with Crippen LogP contribution in [0, 0.1) is 0 Å². The summed E-state index contributed by atoms with van der Waals surface area (Å²) < 4.78 is 11.2. The summed E-state index contributed by atoms with van der Waals surface area (Å²) >= 11 is 0. The van der Waals surface area contributed by atoms with Gasteiger partial charge in [0.15, 0.2) is 0 Å². The highest BCUT2D eigenvalue weighted by Gasteiger charge is 2.27. The number of fused-ring (bicyclic) bond motifs is 1. The standard InChI is InChI=1S/C18H19NO3/c1-3-21-15-10-8-14(9-11-15)18(20)19-12-13(2)22-17-7-5-4-6-16(17)19/h4-11,13H,3,12H2,1-2H3/t13-/m0/s1. The highest BCUT2D eigenvalue weighted by molar-refractivity contribution is 6.07. The highest BCUT2D eigenvalue weighted by Crippen LogP contribution is 2.34. The number of rotatable bonds is 3. The summed E-state index contributed by atoms with van der Waals surface area (Å²) in [6, 6.07) is 14.9. The van der Waals surface area contributed by atoms with Crippen molar-refractivity contribution in [1.29, 1.82) is 0 Å². The molecule has 1 amide bonds. The van der Waals surface area contributed by atoms with Crippen LogP contribution in [0.15, 0.2) is 48.5 Å². The van der Waals surface area contributed by atoms with Crippen LogP contribution in [0.5, 0.6) is 11.5 Å². The molecule has 0 aliphatic carbocycles. The molecular weight excluding hydrogens is 278 g/mol. The average molecular weight is 297 g/mol. The zero-order valence-electron chi connectivity index (χ0n) is 12.8. The fraction of sp³-hybridized carbons (Fsp3) is 0.278. The quantitative estimate of drug-likeness (QED) is 0.870. The molecule has 1 aliphatic rings. The fourth-order valence-electron chi connectivity index (χ4n) is 2.60. The molecule has 0 fully saturated rings. The first-order valence-corrected chi connectivity index (χ1v) is 7.49.